The highest BCUT2D eigenvalue weighted by atomic mass is 16.5. The molecule has 1 aromatic carbocycles. The van der Waals surface area contributed by atoms with Crippen LogP contribution in [-0.4, -0.2) is 42.0 Å². The molecule has 0 bridgehead atoms. The van der Waals surface area contributed by atoms with Gasteiger partial charge in [-0.1, -0.05) is 32.0 Å². The van der Waals surface area contributed by atoms with Crippen molar-refractivity contribution in [3.05, 3.63) is 36.0 Å². The third-order valence-corrected chi connectivity index (χ3v) is 6.22. The number of H-pyrrole nitrogens is 1. The zero-order chi connectivity index (χ0) is 17.8. The SMILES string of the molecule is COC(=O)[C@@]12CN(C(=O)Cc3c[nH]c4ccccc34)C[C@@H]1C(C)(C)C2. The van der Waals surface area contributed by atoms with Crippen molar-refractivity contribution >= 4 is 22.8 Å². The van der Waals surface area contributed by atoms with Gasteiger partial charge < -0.3 is 14.6 Å². The Balaban J connectivity index is 1.55. The molecule has 5 heteroatoms. The maximum Gasteiger partial charge on any atom is 0.314 e. The number of rotatable bonds is 3. The van der Waals surface area contributed by atoms with E-state index in [4.69, 9.17) is 4.74 Å². The van der Waals surface area contributed by atoms with Crippen molar-refractivity contribution in [1.82, 2.24) is 9.88 Å². The van der Waals surface area contributed by atoms with Gasteiger partial charge >= 0.3 is 5.97 Å². The van der Waals surface area contributed by atoms with E-state index in [1.165, 1.54) is 7.11 Å². The summed E-state index contributed by atoms with van der Waals surface area (Å²) in [6.45, 7) is 5.47. The van der Waals surface area contributed by atoms with Crippen molar-refractivity contribution in [1.29, 1.82) is 0 Å². The number of nitrogens with one attached hydrogen (secondary N) is 1. The number of fused-ring (bicyclic) bond motifs is 2. The number of aromatic amines is 1. The van der Waals surface area contributed by atoms with Crippen LogP contribution in [0.3, 0.4) is 0 Å². The molecule has 2 heterocycles. The number of hydrogen-bond donors (Lipinski definition) is 1. The first-order valence-corrected chi connectivity index (χ1v) is 8.78. The minimum Gasteiger partial charge on any atom is -0.469 e. The molecule has 5 nitrogen and oxygen atoms in total. The molecule has 1 aliphatic heterocycles. The van der Waals surface area contributed by atoms with Gasteiger partial charge in [0.05, 0.1) is 18.9 Å². The van der Waals surface area contributed by atoms with Crippen LogP contribution < -0.4 is 0 Å². The summed E-state index contributed by atoms with van der Waals surface area (Å²) in [6.07, 6.45) is 3.05. The molecular formula is C20H24N2O3. The van der Waals surface area contributed by atoms with Crippen molar-refractivity contribution < 1.29 is 14.3 Å². The van der Waals surface area contributed by atoms with Crippen LogP contribution in [0.5, 0.6) is 0 Å². The van der Waals surface area contributed by atoms with Crippen LogP contribution in [-0.2, 0) is 20.7 Å². The summed E-state index contributed by atoms with van der Waals surface area (Å²) >= 11 is 0. The van der Waals surface area contributed by atoms with E-state index in [0.717, 1.165) is 22.9 Å². The topological polar surface area (TPSA) is 62.4 Å². The number of methoxy groups -OCH3 is 1. The minimum atomic E-state index is -0.506. The summed E-state index contributed by atoms with van der Waals surface area (Å²) in [5.41, 5.74) is 1.61. The molecule has 1 N–H and O–H groups in total. The molecule has 0 spiro atoms. The molecule has 0 radical (unpaired) electrons. The van der Waals surface area contributed by atoms with Crippen LogP contribution in [0.2, 0.25) is 0 Å². The molecule has 132 valence electrons. The zero-order valence-corrected chi connectivity index (χ0v) is 15.0. The summed E-state index contributed by atoms with van der Waals surface area (Å²) in [5, 5.41) is 1.08. The number of hydrogen-bond acceptors (Lipinski definition) is 3. The Morgan fingerprint density at radius 3 is 2.80 bits per heavy atom. The highest BCUT2D eigenvalue weighted by Gasteiger charge is 2.67. The molecule has 1 aliphatic carbocycles. The first kappa shape index (κ1) is 16.2. The number of amides is 1. The summed E-state index contributed by atoms with van der Waals surface area (Å²) in [6, 6.07) is 8.00. The number of carbonyl (C=O) groups is 2. The second-order valence-electron chi connectivity index (χ2n) is 8.18. The van der Waals surface area contributed by atoms with Crippen molar-refractivity contribution in [2.45, 2.75) is 26.7 Å². The van der Waals surface area contributed by atoms with E-state index in [1.54, 1.807) is 0 Å². The van der Waals surface area contributed by atoms with E-state index in [9.17, 15) is 9.59 Å². The van der Waals surface area contributed by atoms with E-state index in [-0.39, 0.29) is 23.2 Å². The van der Waals surface area contributed by atoms with Gasteiger partial charge in [0.15, 0.2) is 0 Å². The fraction of sp³-hybridized carbons (Fsp3) is 0.500. The molecule has 0 unspecified atom stereocenters. The number of nitrogens with zero attached hydrogens (tertiary/aromatic N) is 1. The highest BCUT2D eigenvalue weighted by molar-refractivity contribution is 5.90. The Morgan fingerprint density at radius 2 is 2.08 bits per heavy atom. The summed E-state index contributed by atoms with van der Waals surface area (Å²) in [5.74, 6) is 0.0943. The molecule has 1 saturated heterocycles. The van der Waals surface area contributed by atoms with Gasteiger partial charge in [-0.15, -0.1) is 0 Å². The van der Waals surface area contributed by atoms with Crippen LogP contribution in [0.1, 0.15) is 25.8 Å². The first-order chi connectivity index (χ1) is 11.9. The molecule has 4 rings (SSSR count). The normalized spacial score (nSPS) is 27.0. The number of ether oxygens (including phenoxy) is 1. The molecule has 2 atom stereocenters. The highest BCUT2D eigenvalue weighted by Crippen LogP contribution is 2.63. The van der Waals surface area contributed by atoms with Gasteiger partial charge in [-0.3, -0.25) is 9.59 Å². The quantitative estimate of drug-likeness (QED) is 0.874. The molecule has 1 saturated carbocycles. The Bertz CT molecular complexity index is 853. The lowest BCUT2D eigenvalue weighted by Crippen LogP contribution is -2.57. The predicted octanol–water partition coefficient (Wildman–Crippen LogP) is 2.76. The van der Waals surface area contributed by atoms with Gasteiger partial charge in [0.1, 0.15) is 0 Å². The maximum absolute atomic E-state index is 12.9. The van der Waals surface area contributed by atoms with Gasteiger partial charge in [0, 0.05) is 30.2 Å². The summed E-state index contributed by atoms with van der Waals surface area (Å²) < 4.78 is 5.06. The fourth-order valence-corrected chi connectivity index (χ4v) is 5.11. The third kappa shape index (κ3) is 2.29. The van der Waals surface area contributed by atoms with E-state index in [1.807, 2.05) is 35.4 Å². The molecule has 25 heavy (non-hydrogen) atoms. The number of likely N-dealkylation sites (tertiary alicyclic amines) is 1. The van der Waals surface area contributed by atoms with E-state index < -0.39 is 5.41 Å². The minimum absolute atomic E-state index is 0.0734. The average molecular weight is 340 g/mol. The summed E-state index contributed by atoms with van der Waals surface area (Å²) in [7, 11) is 1.44. The molecule has 2 aromatic rings. The van der Waals surface area contributed by atoms with Gasteiger partial charge in [0.2, 0.25) is 5.91 Å². The van der Waals surface area contributed by atoms with Crippen LogP contribution in [0.15, 0.2) is 30.5 Å². The molecule has 1 amide bonds. The Morgan fingerprint density at radius 1 is 1.32 bits per heavy atom. The van der Waals surface area contributed by atoms with Crippen LogP contribution in [0.4, 0.5) is 0 Å². The molecular weight excluding hydrogens is 316 g/mol. The first-order valence-electron chi connectivity index (χ1n) is 8.78. The lowest BCUT2D eigenvalue weighted by Gasteiger charge is -2.54. The smallest absolute Gasteiger partial charge is 0.314 e. The van der Waals surface area contributed by atoms with Gasteiger partial charge in [-0.2, -0.15) is 0 Å². The second-order valence-corrected chi connectivity index (χ2v) is 8.18. The predicted molar refractivity (Wildman–Crippen MR) is 94.9 cm³/mol. The zero-order valence-electron chi connectivity index (χ0n) is 15.0. The Hall–Kier alpha value is -2.30. The molecule has 2 aliphatic rings. The van der Waals surface area contributed by atoms with E-state index in [0.29, 0.717) is 19.5 Å². The maximum atomic E-state index is 12.9. The second kappa shape index (κ2) is 5.35. The van der Waals surface area contributed by atoms with E-state index >= 15 is 0 Å². The number of carbonyl (C=O) groups excluding carboxylic acids is 2. The summed E-state index contributed by atoms with van der Waals surface area (Å²) in [4.78, 5) is 30.4. The lowest BCUT2D eigenvalue weighted by atomic mass is 9.48. The van der Waals surface area contributed by atoms with Crippen molar-refractivity contribution in [3.63, 3.8) is 0 Å². The standard InChI is InChI=1S/C20H24N2O3/c1-19(2)11-20(18(24)25-3)12-22(10-16(19)20)17(23)8-13-9-21-15-7-5-4-6-14(13)15/h4-7,9,16,21H,8,10-12H2,1-3H3/t16-,20+/m1/s1. The van der Waals surface area contributed by atoms with Crippen molar-refractivity contribution in [2.75, 3.05) is 20.2 Å². The number of esters is 1. The van der Waals surface area contributed by atoms with Crippen LogP contribution in [0.25, 0.3) is 10.9 Å². The fourth-order valence-electron chi connectivity index (χ4n) is 5.11. The number of aromatic nitrogens is 1. The molecule has 2 fully saturated rings. The largest absolute Gasteiger partial charge is 0.469 e. The van der Waals surface area contributed by atoms with Gasteiger partial charge in [-0.25, -0.2) is 0 Å². The Kier molecular flexibility index (Phi) is 3.46. The van der Waals surface area contributed by atoms with Crippen LogP contribution >= 0.6 is 0 Å². The average Bonchev–Trinajstić information content (AvgIpc) is 3.14. The van der Waals surface area contributed by atoms with E-state index in [2.05, 4.69) is 18.8 Å². The van der Waals surface area contributed by atoms with Crippen molar-refractivity contribution in [2.24, 2.45) is 16.7 Å². The van der Waals surface area contributed by atoms with Crippen LogP contribution in [0, 0.1) is 16.7 Å². The Labute approximate surface area is 147 Å². The lowest BCUT2D eigenvalue weighted by molar-refractivity contribution is -0.174. The monoisotopic (exact) mass is 340 g/mol. The van der Waals surface area contributed by atoms with Crippen molar-refractivity contribution in [3.8, 4) is 0 Å². The number of benzene rings is 1. The third-order valence-electron chi connectivity index (χ3n) is 6.22. The van der Waals surface area contributed by atoms with Gasteiger partial charge in [-0.05, 0) is 29.4 Å². The number of para-hydroxylation sites is 1. The van der Waals surface area contributed by atoms with Gasteiger partial charge in [0.25, 0.3) is 0 Å². The molecule has 1 aromatic heterocycles.